The summed E-state index contributed by atoms with van der Waals surface area (Å²) in [6.45, 7) is 2.20. The first-order valence-corrected chi connectivity index (χ1v) is 7.76. The maximum absolute atomic E-state index is 12.5. The van der Waals surface area contributed by atoms with Crippen molar-refractivity contribution in [3.05, 3.63) is 17.4 Å². The predicted molar refractivity (Wildman–Crippen MR) is 70.8 cm³/mol. The van der Waals surface area contributed by atoms with Crippen molar-refractivity contribution >= 4 is 16.0 Å². The van der Waals surface area contributed by atoms with E-state index in [9.17, 15) is 13.2 Å². The highest BCUT2D eigenvalue weighted by Crippen LogP contribution is 2.28. The average Bonchev–Trinajstić information content (AvgIpc) is 3.04. The van der Waals surface area contributed by atoms with E-state index in [2.05, 4.69) is 4.74 Å². The van der Waals surface area contributed by atoms with Crippen molar-refractivity contribution < 1.29 is 22.4 Å². The summed E-state index contributed by atoms with van der Waals surface area (Å²) in [5, 5.41) is -0.240. The fraction of sp³-hybridized carbons (Fsp3) is 0.583. The number of aryl methyl sites for hydroxylation is 1. The van der Waals surface area contributed by atoms with Gasteiger partial charge in [0.25, 0.3) is 10.0 Å². The van der Waals surface area contributed by atoms with Gasteiger partial charge in [-0.15, -0.1) is 0 Å². The van der Waals surface area contributed by atoms with Gasteiger partial charge in [-0.25, -0.2) is 13.2 Å². The van der Waals surface area contributed by atoms with E-state index in [-0.39, 0.29) is 29.0 Å². The summed E-state index contributed by atoms with van der Waals surface area (Å²) in [7, 11) is -2.53. The summed E-state index contributed by atoms with van der Waals surface area (Å²) >= 11 is 0. The first kappa shape index (κ1) is 15.0. The molecule has 2 rings (SSSR count). The monoisotopic (exact) mass is 302 g/mol. The van der Waals surface area contributed by atoms with E-state index in [0.717, 1.165) is 12.8 Å². The van der Waals surface area contributed by atoms with E-state index in [1.54, 1.807) is 0 Å². The summed E-state index contributed by atoms with van der Waals surface area (Å²) in [4.78, 5) is 11.5. The lowest BCUT2D eigenvalue weighted by atomic mass is 10.2. The number of hydrogen-bond acceptors (Lipinski definition) is 6. The van der Waals surface area contributed by atoms with E-state index < -0.39 is 16.0 Å². The van der Waals surface area contributed by atoms with Crippen LogP contribution in [-0.4, -0.2) is 44.9 Å². The summed E-state index contributed by atoms with van der Waals surface area (Å²) in [5.74, 6) is -0.400. The standard InChI is InChI=1S/C12H18N2O5S/c1-8-10(12(15)18-2)6-11(19-8)20(16,17)14-5-3-4-9(14)7-13/h6,9H,3-5,7,13H2,1-2H3. The van der Waals surface area contributed by atoms with Crippen molar-refractivity contribution in [1.82, 2.24) is 4.31 Å². The second kappa shape index (κ2) is 5.55. The molecule has 8 heteroatoms. The molecule has 20 heavy (non-hydrogen) atoms. The number of hydrogen-bond donors (Lipinski definition) is 1. The second-order valence-electron chi connectivity index (χ2n) is 4.67. The van der Waals surface area contributed by atoms with Crippen LogP contribution in [0.25, 0.3) is 0 Å². The highest BCUT2D eigenvalue weighted by Gasteiger charge is 2.37. The lowest BCUT2D eigenvalue weighted by molar-refractivity contribution is 0.0599. The SMILES string of the molecule is COC(=O)c1cc(S(=O)(=O)N2CCCC2CN)oc1C. The molecule has 1 aliphatic rings. The van der Waals surface area contributed by atoms with Crippen LogP contribution in [0.15, 0.2) is 15.6 Å². The molecule has 1 fully saturated rings. The van der Waals surface area contributed by atoms with Crippen molar-refractivity contribution in [1.29, 1.82) is 0 Å². The van der Waals surface area contributed by atoms with Crippen LogP contribution in [0.4, 0.5) is 0 Å². The first-order valence-electron chi connectivity index (χ1n) is 6.32. The van der Waals surface area contributed by atoms with Crippen LogP contribution in [0.1, 0.15) is 29.0 Å². The zero-order valence-electron chi connectivity index (χ0n) is 11.5. The Balaban J connectivity index is 2.37. The third-order valence-corrected chi connectivity index (χ3v) is 5.27. The molecule has 7 nitrogen and oxygen atoms in total. The average molecular weight is 302 g/mol. The molecule has 2 N–H and O–H groups in total. The van der Waals surface area contributed by atoms with Crippen molar-refractivity contribution in [2.75, 3.05) is 20.2 Å². The molecule has 0 aliphatic carbocycles. The van der Waals surface area contributed by atoms with Gasteiger partial charge >= 0.3 is 5.97 Å². The molecular weight excluding hydrogens is 284 g/mol. The van der Waals surface area contributed by atoms with E-state index in [1.165, 1.54) is 24.4 Å². The van der Waals surface area contributed by atoms with E-state index >= 15 is 0 Å². The molecule has 1 atom stereocenters. The van der Waals surface area contributed by atoms with E-state index in [4.69, 9.17) is 10.2 Å². The normalized spacial score (nSPS) is 20.2. The molecule has 0 aromatic carbocycles. The fourth-order valence-electron chi connectivity index (χ4n) is 2.37. The van der Waals surface area contributed by atoms with E-state index in [1.807, 2.05) is 0 Å². The molecule has 112 valence electrons. The molecule has 0 bridgehead atoms. The third kappa shape index (κ3) is 2.46. The maximum atomic E-state index is 12.5. The molecule has 1 aliphatic heterocycles. The summed E-state index contributed by atoms with van der Waals surface area (Å²) < 4.78 is 36.2. The molecule has 1 unspecified atom stereocenters. The summed E-state index contributed by atoms with van der Waals surface area (Å²) in [6.07, 6.45) is 1.50. The van der Waals surface area contributed by atoms with Crippen LogP contribution in [0, 0.1) is 6.92 Å². The quantitative estimate of drug-likeness (QED) is 0.812. The number of ether oxygens (including phenoxy) is 1. The molecule has 1 aromatic rings. The number of carbonyl (C=O) groups excluding carboxylic acids is 1. The molecule has 0 radical (unpaired) electrons. The molecule has 2 heterocycles. The van der Waals surface area contributed by atoms with Crippen LogP contribution in [0.3, 0.4) is 0 Å². The van der Waals surface area contributed by atoms with Gasteiger partial charge < -0.3 is 14.9 Å². The third-order valence-electron chi connectivity index (χ3n) is 3.46. The van der Waals surface area contributed by atoms with E-state index in [0.29, 0.717) is 6.54 Å². The Bertz CT molecular complexity index is 607. The summed E-state index contributed by atoms with van der Waals surface area (Å²) in [5.41, 5.74) is 5.71. The Hall–Kier alpha value is -1.38. The zero-order valence-corrected chi connectivity index (χ0v) is 12.3. The largest absolute Gasteiger partial charge is 0.465 e. The number of nitrogens with zero attached hydrogens (tertiary/aromatic N) is 1. The number of rotatable bonds is 4. The Kier molecular flexibility index (Phi) is 4.17. The van der Waals surface area contributed by atoms with Gasteiger partial charge in [-0.05, 0) is 19.8 Å². The molecule has 0 saturated carbocycles. The highest BCUT2D eigenvalue weighted by molar-refractivity contribution is 7.89. The minimum atomic E-state index is -3.76. The summed E-state index contributed by atoms with van der Waals surface area (Å²) in [6, 6.07) is 0.995. The number of carbonyl (C=O) groups is 1. The minimum Gasteiger partial charge on any atom is -0.465 e. The smallest absolute Gasteiger partial charge is 0.341 e. The van der Waals surface area contributed by atoms with Crippen LogP contribution in [-0.2, 0) is 14.8 Å². The number of methoxy groups -OCH3 is 1. The molecular formula is C12H18N2O5S. The maximum Gasteiger partial charge on any atom is 0.341 e. The highest BCUT2D eigenvalue weighted by atomic mass is 32.2. The predicted octanol–water partition coefficient (Wildman–Crippen LogP) is 0.486. The Morgan fingerprint density at radius 3 is 2.90 bits per heavy atom. The number of nitrogens with two attached hydrogens (primary N) is 1. The Labute approximate surface area is 117 Å². The van der Waals surface area contributed by atoms with Gasteiger partial charge in [-0.2, -0.15) is 4.31 Å². The minimum absolute atomic E-state index is 0.120. The molecule has 0 spiro atoms. The fourth-order valence-corrected chi connectivity index (χ4v) is 4.05. The van der Waals surface area contributed by atoms with Gasteiger partial charge in [0.2, 0.25) is 5.09 Å². The number of furan rings is 1. The van der Waals surface area contributed by atoms with Crippen molar-refractivity contribution in [2.45, 2.75) is 30.9 Å². The zero-order chi connectivity index (χ0) is 14.9. The van der Waals surface area contributed by atoms with Gasteiger partial charge in [0.1, 0.15) is 11.3 Å². The van der Waals surface area contributed by atoms with Gasteiger partial charge in [-0.1, -0.05) is 0 Å². The van der Waals surface area contributed by atoms with Crippen molar-refractivity contribution in [3.8, 4) is 0 Å². The van der Waals surface area contributed by atoms with Crippen LogP contribution >= 0.6 is 0 Å². The Morgan fingerprint density at radius 2 is 2.30 bits per heavy atom. The second-order valence-corrected chi connectivity index (χ2v) is 6.50. The number of sulfonamides is 1. The first-order chi connectivity index (χ1) is 9.41. The van der Waals surface area contributed by atoms with Gasteiger partial charge in [0.15, 0.2) is 0 Å². The van der Waals surface area contributed by atoms with Crippen LogP contribution in [0.2, 0.25) is 0 Å². The van der Waals surface area contributed by atoms with Gasteiger partial charge in [-0.3, -0.25) is 0 Å². The lowest BCUT2D eigenvalue weighted by Crippen LogP contribution is -2.39. The van der Waals surface area contributed by atoms with Crippen LogP contribution in [0.5, 0.6) is 0 Å². The number of esters is 1. The Morgan fingerprint density at radius 1 is 1.60 bits per heavy atom. The molecule has 1 aromatic heterocycles. The molecule has 0 amide bonds. The lowest BCUT2D eigenvalue weighted by Gasteiger charge is -2.21. The van der Waals surface area contributed by atoms with Crippen molar-refractivity contribution in [3.63, 3.8) is 0 Å². The van der Waals surface area contributed by atoms with Gasteiger partial charge in [0, 0.05) is 25.2 Å². The topological polar surface area (TPSA) is 103 Å². The van der Waals surface area contributed by atoms with Gasteiger partial charge in [0.05, 0.1) is 7.11 Å². The van der Waals surface area contributed by atoms with Crippen LogP contribution < -0.4 is 5.73 Å². The molecule has 1 saturated heterocycles. The van der Waals surface area contributed by atoms with Crippen molar-refractivity contribution in [2.24, 2.45) is 5.73 Å².